The summed E-state index contributed by atoms with van der Waals surface area (Å²) < 4.78 is 35.0. The maximum Gasteiger partial charge on any atom is 0.248 e. The van der Waals surface area contributed by atoms with Gasteiger partial charge in [0.25, 0.3) is 0 Å². The summed E-state index contributed by atoms with van der Waals surface area (Å²) in [4.78, 5) is 16.3. The first kappa shape index (κ1) is 23.6. The molecule has 0 bridgehead atoms. The molecule has 0 aliphatic rings. The Kier molecular flexibility index (Phi) is 6.76. The molecule has 0 saturated heterocycles. The van der Waals surface area contributed by atoms with Gasteiger partial charge in [-0.25, -0.2) is 18.4 Å². The molecule has 4 rings (SSSR count). The number of aliphatic hydroxyl groups excluding tert-OH is 1. The van der Waals surface area contributed by atoms with Crippen LogP contribution in [0.3, 0.4) is 0 Å². The van der Waals surface area contributed by atoms with Crippen molar-refractivity contribution in [2.75, 3.05) is 0 Å². The number of nitrogens with one attached hydrogen (secondary N) is 1. The minimum Gasteiger partial charge on any atom is -0.487 e. The monoisotopic (exact) mass is 486 g/mol. The fourth-order valence-corrected chi connectivity index (χ4v) is 3.80. The number of carbonyl (C=O) groups is 1. The van der Waals surface area contributed by atoms with Crippen LogP contribution in [-0.4, -0.2) is 31.9 Å². The van der Waals surface area contributed by atoms with Gasteiger partial charge in [0.15, 0.2) is 5.82 Å². The lowest BCUT2D eigenvalue weighted by Gasteiger charge is -2.16. The number of nitrogens with zero attached hydrogens (tertiary/aromatic N) is 3. The summed E-state index contributed by atoms with van der Waals surface area (Å²) in [5.41, 5.74) is 2.74. The van der Waals surface area contributed by atoms with Crippen LogP contribution in [0, 0.1) is 18.6 Å². The van der Waals surface area contributed by atoms with E-state index in [4.69, 9.17) is 16.3 Å². The van der Waals surface area contributed by atoms with E-state index in [1.807, 2.05) is 6.07 Å². The highest BCUT2D eigenvalue weighted by Gasteiger charge is 2.16. The second-order valence-corrected chi connectivity index (χ2v) is 8.15. The van der Waals surface area contributed by atoms with Gasteiger partial charge in [0.05, 0.1) is 23.1 Å². The van der Waals surface area contributed by atoms with Crippen LogP contribution in [0.25, 0.3) is 16.6 Å². The lowest BCUT2D eigenvalue weighted by Crippen LogP contribution is -2.32. The van der Waals surface area contributed by atoms with Crippen LogP contribution in [-0.2, 0) is 17.9 Å². The van der Waals surface area contributed by atoms with E-state index in [0.717, 1.165) is 12.3 Å². The highest BCUT2D eigenvalue weighted by molar-refractivity contribution is 6.31. The first-order chi connectivity index (χ1) is 16.2. The molecule has 4 aromatic rings. The van der Waals surface area contributed by atoms with Crippen molar-refractivity contribution in [3.8, 4) is 11.4 Å². The maximum absolute atomic E-state index is 14.0. The van der Waals surface area contributed by atoms with Crippen molar-refractivity contribution in [3.63, 3.8) is 0 Å². The summed E-state index contributed by atoms with van der Waals surface area (Å²) in [5.74, 6) is -1.18. The molecular formula is C24H21ClF2N4O3. The number of carbonyl (C=O) groups excluding carboxylic acids is 1. The van der Waals surface area contributed by atoms with Gasteiger partial charge in [0.2, 0.25) is 5.91 Å². The van der Waals surface area contributed by atoms with Crippen molar-refractivity contribution < 1.29 is 23.4 Å². The van der Waals surface area contributed by atoms with Gasteiger partial charge < -0.3 is 15.2 Å². The summed E-state index contributed by atoms with van der Waals surface area (Å²) >= 11 is 6.28. The molecule has 176 valence electrons. The third-order valence-electron chi connectivity index (χ3n) is 5.16. The molecule has 0 saturated carbocycles. The van der Waals surface area contributed by atoms with Gasteiger partial charge in [-0.3, -0.25) is 4.79 Å². The van der Waals surface area contributed by atoms with Gasteiger partial charge in [0.1, 0.15) is 29.8 Å². The number of ether oxygens (including phenoxy) is 1. The van der Waals surface area contributed by atoms with Crippen molar-refractivity contribution in [3.05, 3.63) is 82.3 Å². The quantitative estimate of drug-likeness (QED) is 0.408. The molecule has 2 N–H and O–H groups in total. The normalized spacial score (nSPS) is 12.1. The summed E-state index contributed by atoms with van der Waals surface area (Å²) in [5, 5.41) is 16.8. The topological polar surface area (TPSA) is 89.3 Å². The predicted molar refractivity (Wildman–Crippen MR) is 123 cm³/mol. The van der Waals surface area contributed by atoms with Gasteiger partial charge in [-0.2, -0.15) is 5.10 Å². The molecule has 2 aromatic heterocycles. The van der Waals surface area contributed by atoms with E-state index in [1.54, 1.807) is 25.1 Å². The molecule has 0 aliphatic heterocycles. The first-order valence-electron chi connectivity index (χ1n) is 10.4. The molecule has 0 spiro atoms. The Morgan fingerprint density at radius 3 is 2.76 bits per heavy atom. The number of hydrogen-bond acceptors (Lipinski definition) is 5. The Hall–Kier alpha value is -3.56. The number of rotatable bonds is 7. The van der Waals surface area contributed by atoms with Crippen LogP contribution in [0.15, 0.2) is 48.8 Å². The Balaban J connectivity index is 1.67. The number of aromatic nitrogens is 3. The Labute approximate surface area is 198 Å². The summed E-state index contributed by atoms with van der Waals surface area (Å²) in [6.45, 7) is 3.07. The van der Waals surface area contributed by atoms with Crippen molar-refractivity contribution in [1.29, 1.82) is 0 Å². The zero-order valence-corrected chi connectivity index (χ0v) is 19.1. The molecule has 0 fully saturated rings. The molecule has 2 heterocycles. The second kappa shape index (κ2) is 9.74. The van der Waals surface area contributed by atoms with Crippen LogP contribution in [0.4, 0.5) is 8.78 Å². The third-order valence-corrected chi connectivity index (χ3v) is 5.50. The van der Waals surface area contributed by atoms with E-state index < -0.39 is 23.6 Å². The number of pyridine rings is 1. The van der Waals surface area contributed by atoms with E-state index in [-0.39, 0.29) is 18.2 Å². The van der Waals surface area contributed by atoms with Gasteiger partial charge in [-0.1, -0.05) is 23.7 Å². The van der Waals surface area contributed by atoms with Gasteiger partial charge >= 0.3 is 0 Å². The van der Waals surface area contributed by atoms with Crippen molar-refractivity contribution in [2.24, 2.45) is 0 Å². The number of amides is 1. The number of hydrogen-bond donors (Lipinski definition) is 2. The van der Waals surface area contributed by atoms with Crippen LogP contribution < -0.4 is 10.1 Å². The fourth-order valence-electron chi connectivity index (χ4n) is 3.52. The molecular weight excluding hydrogens is 466 g/mol. The zero-order valence-electron chi connectivity index (χ0n) is 18.3. The molecule has 2 aromatic carbocycles. The van der Waals surface area contributed by atoms with Crippen LogP contribution in [0.5, 0.6) is 5.75 Å². The van der Waals surface area contributed by atoms with E-state index in [0.29, 0.717) is 39.2 Å². The number of para-hydroxylation sites is 1. The van der Waals surface area contributed by atoms with Crippen molar-refractivity contribution in [1.82, 2.24) is 20.1 Å². The van der Waals surface area contributed by atoms with Crippen molar-refractivity contribution in [2.45, 2.75) is 33.1 Å². The van der Waals surface area contributed by atoms with E-state index in [9.17, 15) is 18.7 Å². The van der Waals surface area contributed by atoms with Crippen LogP contribution >= 0.6 is 11.6 Å². The van der Waals surface area contributed by atoms with Gasteiger partial charge in [-0.15, -0.1) is 0 Å². The molecule has 34 heavy (non-hydrogen) atoms. The molecule has 0 aliphatic carbocycles. The number of halogens is 3. The van der Waals surface area contributed by atoms with E-state index >= 15 is 0 Å². The fraction of sp³-hybridized carbons (Fsp3) is 0.208. The number of aliphatic hydroxyl groups is 1. The third kappa shape index (κ3) is 5.00. The molecule has 7 nitrogen and oxygen atoms in total. The summed E-state index contributed by atoms with van der Waals surface area (Å²) in [6.07, 6.45) is 1.19. The van der Waals surface area contributed by atoms with Crippen LogP contribution in [0.2, 0.25) is 5.02 Å². The number of fused-ring (bicyclic) bond motifs is 1. The average Bonchev–Trinajstić information content (AvgIpc) is 3.22. The number of aryl methyl sites for hydroxylation is 1. The summed E-state index contributed by atoms with van der Waals surface area (Å²) in [6, 6.07) is 9.53. The summed E-state index contributed by atoms with van der Waals surface area (Å²) in [7, 11) is 0. The zero-order chi connectivity index (χ0) is 24.4. The standard InChI is InChI=1S/C24H21ClF2N4O3/c1-13-6-21(31-11-17(27)10-29-31)18-4-3-5-22(23(18)30-13)34-12-19-15(7-16(26)8-20(19)25)9-28-24(33)14(2)32/h3-8,10-11,14,32H,9,12H2,1-2H3,(H,28,33). The largest absolute Gasteiger partial charge is 0.487 e. The Morgan fingerprint density at radius 1 is 1.26 bits per heavy atom. The van der Waals surface area contributed by atoms with E-state index in [2.05, 4.69) is 15.4 Å². The lowest BCUT2D eigenvalue weighted by molar-refractivity contribution is -0.128. The van der Waals surface area contributed by atoms with Gasteiger partial charge in [0, 0.05) is 23.2 Å². The first-order valence-corrected chi connectivity index (χ1v) is 10.8. The smallest absolute Gasteiger partial charge is 0.248 e. The highest BCUT2D eigenvalue weighted by atomic mass is 35.5. The second-order valence-electron chi connectivity index (χ2n) is 7.75. The van der Waals surface area contributed by atoms with Crippen LogP contribution in [0.1, 0.15) is 23.7 Å². The molecule has 1 atom stereocenters. The van der Waals surface area contributed by atoms with Crippen molar-refractivity contribution >= 4 is 28.4 Å². The maximum atomic E-state index is 14.0. The average molecular weight is 487 g/mol. The molecule has 1 amide bonds. The molecule has 0 radical (unpaired) electrons. The Bertz CT molecular complexity index is 1370. The van der Waals surface area contributed by atoms with E-state index in [1.165, 1.54) is 23.9 Å². The minimum absolute atomic E-state index is 0.0283. The lowest BCUT2D eigenvalue weighted by atomic mass is 10.1. The molecule has 1 unspecified atom stereocenters. The minimum atomic E-state index is -1.20. The SMILES string of the molecule is Cc1cc(-n2cc(F)cn2)c2cccc(OCc3c(Cl)cc(F)cc3CNC(=O)C(C)O)c2n1. The Morgan fingerprint density at radius 2 is 2.06 bits per heavy atom. The molecule has 10 heteroatoms. The highest BCUT2D eigenvalue weighted by Crippen LogP contribution is 2.31. The number of benzene rings is 2. The van der Waals surface area contributed by atoms with Gasteiger partial charge in [-0.05, 0) is 43.7 Å². The predicted octanol–water partition coefficient (Wildman–Crippen LogP) is 4.24.